The predicted molar refractivity (Wildman–Crippen MR) is 130 cm³/mol. The number of anilines is 1. The van der Waals surface area contributed by atoms with Crippen molar-refractivity contribution in [3.05, 3.63) is 75.7 Å². The van der Waals surface area contributed by atoms with E-state index in [-0.39, 0.29) is 30.6 Å². The van der Waals surface area contributed by atoms with Crippen molar-refractivity contribution in [3.8, 4) is 5.75 Å². The topological polar surface area (TPSA) is 92.4 Å². The van der Waals surface area contributed by atoms with E-state index in [1.807, 2.05) is 30.3 Å². The summed E-state index contributed by atoms with van der Waals surface area (Å²) in [6, 6.07) is 15.8. The van der Waals surface area contributed by atoms with Gasteiger partial charge < -0.3 is 20.7 Å². The fourth-order valence-electron chi connectivity index (χ4n) is 3.73. The lowest BCUT2D eigenvalue weighted by atomic mass is 9.90. The van der Waals surface area contributed by atoms with Crippen LogP contribution in [0, 0.1) is 0 Å². The van der Waals surface area contributed by atoms with Crippen molar-refractivity contribution in [2.75, 3.05) is 5.32 Å². The monoisotopic (exact) mass is 484 g/mol. The van der Waals surface area contributed by atoms with Gasteiger partial charge in [0.05, 0.1) is 6.04 Å². The molecule has 1 fully saturated rings. The first-order valence-corrected chi connectivity index (χ1v) is 12.1. The van der Waals surface area contributed by atoms with Gasteiger partial charge in [-0.15, -0.1) is 11.3 Å². The molecule has 2 atom stereocenters. The van der Waals surface area contributed by atoms with Gasteiger partial charge in [0, 0.05) is 22.1 Å². The molecule has 2 unspecified atom stereocenters. The molecule has 1 aromatic heterocycles. The maximum Gasteiger partial charge on any atom is 0.319 e. The number of benzene rings is 2. The van der Waals surface area contributed by atoms with Crippen LogP contribution in [0.3, 0.4) is 0 Å². The van der Waals surface area contributed by atoms with E-state index < -0.39 is 0 Å². The number of aromatic nitrogens is 1. The maximum atomic E-state index is 12.8. The Bertz CT molecular complexity index is 1070. The van der Waals surface area contributed by atoms with Gasteiger partial charge in [0.2, 0.25) is 0 Å². The highest BCUT2D eigenvalue weighted by Gasteiger charge is 2.28. The number of carbonyl (C=O) groups is 2. The Kier molecular flexibility index (Phi) is 7.80. The van der Waals surface area contributed by atoms with Gasteiger partial charge in [-0.05, 0) is 49.2 Å². The van der Waals surface area contributed by atoms with Crippen LogP contribution >= 0.6 is 22.9 Å². The van der Waals surface area contributed by atoms with Gasteiger partial charge in [-0.3, -0.25) is 4.79 Å². The molecule has 4 rings (SSSR count). The van der Waals surface area contributed by atoms with E-state index in [0.29, 0.717) is 21.5 Å². The molecule has 3 aromatic rings. The summed E-state index contributed by atoms with van der Waals surface area (Å²) < 4.78 is 5.70. The summed E-state index contributed by atoms with van der Waals surface area (Å²) >= 11 is 7.26. The molecule has 1 aliphatic rings. The molecule has 1 heterocycles. The number of halogens is 1. The number of nitrogens with zero attached hydrogens (tertiary/aromatic N) is 1. The molecule has 1 saturated carbocycles. The van der Waals surface area contributed by atoms with Crippen molar-refractivity contribution in [1.82, 2.24) is 15.6 Å². The summed E-state index contributed by atoms with van der Waals surface area (Å²) in [5, 5.41) is 12.0. The number of amides is 3. The first-order chi connectivity index (χ1) is 16.1. The lowest BCUT2D eigenvalue weighted by Crippen LogP contribution is -2.54. The van der Waals surface area contributed by atoms with E-state index >= 15 is 0 Å². The van der Waals surface area contributed by atoms with Crippen LogP contribution in [0.25, 0.3) is 0 Å². The molecule has 0 bridgehead atoms. The lowest BCUT2D eigenvalue weighted by molar-refractivity contribution is 0.0911. The van der Waals surface area contributed by atoms with Crippen molar-refractivity contribution in [1.29, 1.82) is 0 Å². The zero-order chi connectivity index (χ0) is 23.0. The smallest absolute Gasteiger partial charge is 0.319 e. The van der Waals surface area contributed by atoms with Crippen molar-refractivity contribution < 1.29 is 14.3 Å². The minimum atomic E-state index is -0.275. The molecule has 0 radical (unpaired) electrons. The van der Waals surface area contributed by atoms with Gasteiger partial charge in [0.1, 0.15) is 23.1 Å². The van der Waals surface area contributed by atoms with E-state index in [9.17, 15) is 9.59 Å². The third-order valence-electron chi connectivity index (χ3n) is 5.39. The molecular weight excluding hydrogens is 460 g/mol. The second kappa shape index (κ2) is 11.2. The Labute approximate surface area is 201 Å². The number of urea groups is 1. The van der Waals surface area contributed by atoms with Crippen LogP contribution in [0.5, 0.6) is 5.75 Å². The SMILES string of the molecule is O=C(Nc1ccccc1)NC1CCCCC1NC(=O)c1csc(COc2ccc(Cl)cc2)n1. The van der Waals surface area contributed by atoms with Gasteiger partial charge in [-0.2, -0.15) is 0 Å². The van der Waals surface area contributed by atoms with Gasteiger partial charge in [-0.25, -0.2) is 9.78 Å². The minimum Gasteiger partial charge on any atom is -0.486 e. The van der Waals surface area contributed by atoms with E-state index in [0.717, 1.165) is 31.4 Å². The molecule has 2 aromatic carbocycles. The zero-order valence-electron chi connectivity index (χ0n) is 17.9. The number of hydrogen-bond donors (Lipinski definition) is 3. The Balaban J connectivity index is 1.30. The third kappa shape index (κ3) is 6.69. The average molecular weight is 485 g/mol. The van der Waals surface area contributed by atoms with Crippen molar-refractivity contribution >= 4 is 40.6 Å². The second-order valence-corrected chi connectivity index (χ2v) is 9.18. The fourth-order valence-corrected chi connectivity index (χ4v) is 4.54. The van der Waals surface area contributed by atoms with Gasteiger partial charge in [0.15, 0.2) is 0 Å². The summed E-state index contributed by atoms with van der Waals surface area (Å²) in [5.74, 6) is 0.441. The Morgan fingerprint density at radius 3 is 2.42 bits per heavy atom. The normalized spacial score (nSPS) is 17.7. The highest BCUT2D eigenvalue weighted by atomic mass is 35.5. The van der Waals surface area contributed by atoms with Crippen LogP contribution in [-0.2, 0) is 6.61 Å². The summed E-state index contributed by atoms with van der Waals surface area (Å²) in [5.41, 5.74) is 1.08. The molecular formula is C24H25ClN4O3S. The summed E-state index contributed by atoms with van der Waals surface area (Å²) in [7, 11) is 0. The first-order valence-electron chi connectivity index (χ1n) is 10.8. The number of rotatable bonds is 7. The summed E-state index contributed by atoms with van der Waals surface area (Å²) in [6.07, 6.45) is 3.62. The Morgan fingerprint density at radius 2 is 1.70 bits per heavy atom. The van der Waals surface area contributed by atoms with Crippen molar-refractivity contribution in [2.24, 2.45) is 0 Å². The van der Waals surface area contributed by atoms with Crippen LogP contribution in [-0.4, -0.2) is 29.0 Å². The van der Waals surface area contributed by atoms with Crippen LogP contribution in [0.4, 0.5) is 10.5 Å². The Hall–Kier alpha value is -3.10. The first kappa shape index (κ1) is 23.1. The number of para-hydroxylation sites is 1. The standard InChI is InChI=1S/C24H25ClN4O3S/c25-16-10-12-18(13-11-16)32-14-22-27-21(15-33-22)23(30)28-19-8-4-5-9-20(19)29-24(31)26-17-6-2-1-3-7-17/h1-3,6-7,10-13,15,19-20H,4-5,8-9,14H2,(H,28,30)(H2,26,29,31). The van der Waals surface area contributed by atoms with Crippen LogP contribution in [0.2, 0.25) is 5.02 Å². The van der Waals surface area contributed by atoms with E-state index in [1.165, 1.54) is 11.3 Å². The van der Waals surface area contributed by atoms with Gasteiger partial charge >= 0.3 is 6.03 Å². The Morgan fingerprint density at radius 1 is 1.00 bits per heavy atom. The molecule has 33 heavy (non-hydrogen) atoms. The quantitative estimate of drug-likeness (QED) is 0.427. The van der Waals surface area contributed by atoms with Crippen molar-refractivity contribution in [3.63, 3.8) is 0 Å². The fraction of sp³-hybridized carbons (Fsp3) is 0.292. The predicted octanol–water partition coefficient (Wildman–Crippen LogP) is 5.24. The highest BCUT2D eigenvalue weighted by molar-refractivity contribution is 7.09. The molecule has 0 aliphatic heterocycles. The minimum absolute atomic E-state index is 0.141. The highest BCUT2D eigenvalue weighted by Crippen LogP contribution is 2.21. The van der Waals surface area contributed by atoms with Crippen LogP contribution in [0.15, 0.2) is 60.0 Å². The van der Waals surface area contributed by atoms with E-state index in [2.05, 4.69) is 20.9 Å². The number of thiazole rings is 1. The zero-order valence-corrected chi connectivity index (χ0v) is 19.5. The lowest BCUT2D eigenvalue weighted by Gasteiger charge is -2.32. The van der Waals surface area contributed by atoms with Crippen LogP contribution < -0.4 is 20.7 Å². The molecule has 3 N–H and O–H groups in total. The third-order valence-corrected chi connectivity index (χ3v) is 6.47. The molecule has 7 nitrogen and oxygen atoms in total. The number of nitrogens with one attached hydrogen (secondary N) is 3. The second-order valence-electron chi connectivity index (χ2n) is 7.80. The summed E-state index contributed by atoms with van der Waals surface area (Å²) in [6.45, 7) is 0.271. The largest absolute Gasteiger partial charge is 0.486 e. The van der Waals surface area contributed by atoms with E-state index in [1.54, 1.807) is 29.6 Å². The van der Waals surface area contributed by atoms with Gasteiger partial charge in [-0.1, -0.05) is 42.6 Å². The van der Waals surface area contributed by atoms with Crippen LogP contribution in [0.1, 0.15) is 41.2 Å². The van der Waals surface area contributed by atoms with Gasteiger partial charge in [0.25, 0.3) is 5.91 Å². The molecule has 1 aliphatic carbocycles. The number of carbonyl (C=O) groups excluding carboxylic acids is 2. The molecule has 172 valence electrons. The molecule has 3 amide bonds. The average Bonchev–Trinajstić information content (AvgIpc) is 3.30. The molecule has 9 heteroatoms. The summed E-state index contributed by atoms with van der Waals surface area (Å²) in [4.78, 5) is 29.6. The number of ether oxygens (including phenoxy) is 1. The van der Waals surface area contributed by atoms with E-state index in [4.69, 9.17) is 16.3 Å². The number of hydrogen-bond acceptors (Lipinski definition) is 5. The maximum absolute atomic E-state index is 12.8. The van der Waals surface area contributed by atoms with Crippen molar-refractivity contribution in [2.45, 2.75) is 44.4 Å². The molecule has 0 saturated heterocycles. The molecule has 0 spiro atoms.